The second-order valence-corrected chi connectivity index (χ2v) is 3.61. The van der Waals surface area contributed by atoms with Gasteiger partial charge in [-0.1, -0.05) is 30.3 Å². The SMILES string of the molecule is NNC(=O)[C@@H]1OCC[C@@H]1c1ccccc1. The van der Waals surface area contributed by atoms with Crippen LogP contribution < -0.4 is 11.3 Å². The Bertz CT molecular complexity index is 340. The number of hydrazine groups is 1. The number of hydrogen-bond acceptors (Lipinski definition) is 3. The maximum atomic E-state index is 11.4. The molecule has 0 aromatic heterocycles. The maximum absolute atomic E-state index is 11.4. The van der Waals surface area contributed by atoms with Crippen LogP contribution in [0.1, 0.15) is 17.9 Å². The Labute approximate surface area is 88.4 Å². The summed E-state index contributed by atoms with van der Waals surface area (Å²) in [4.78, 5) is 11.4. The first-order valence-electron chi connectivity index (χ1n) is 5.00. The molecule has 1 aliphatic rings. The van der Waals surface area contributed by atoms with E-state index in [0.717, 1.165) is 12.0 Å². The molecule has 1 amide bonds. The molecule has 4 nitrogen and oxygen atoms in total. The standard InChI is InChI=1S/C11H14N2O2/c12-13-11(14)10-9(6-7-15-10)8-4-2-1-3-5-8/h1-5,9-10H,6-7,12H2,(H,13,14)/t9-,10-/m1/s1. The fourth-order valence-electron chi connectivity index (χ4n) is 1.97. The zero-order valence-electron chi connectivity index (χ0n) is 8.35. The van der Waals surface area contributed by atoms with Crippen LogP contribution in [0.4, 0.5) is 0 Å². The second kappa shape index (κ2) is 4.42. The van der Waals surface area contributed by atoms with Crippen molar-refractivity contribution in [1.82, 2.24) is 5.43 Å². The molecule has 80 valence electrons. The molecule has 2 rings (SSSR count). The van der Waals surface area contributed by atoms with Crippen molar-refractivity contribution in [3.8, 4) is 0 Å². The van der Waals surface area contributed by atoms with Gasteiger partial charge in [0.25, 0.3) is 5.91 Å². The minimum atomic E-state index is -0.447. The average Bonchev–Trinajstić information content (AvgIpc) is 2.78. The van der Waals surface area contributed by atoms with Crippen LogP contribution in [0.5, 0.6) is 0 Å². The van der Waals surface area contributed by atoms with Crippen LogP contribution in [-0.4, -0.2) is 18.6 Å². The highest BCUT2D eigenvalue weighted by Gasteiger charge is 2.34. The molecule has 1 aliphatic heterocycles. The molecule has 1 aromatic carbocycles. The van der Waals surface area contributed by atoms with E-state index >= 15 is 0 Å². The van der Waals surface area contributed by atoms with E-state index in [4.69, 9.17) is 10.6 Å². The molecule has 0 saturated carbocycles. The summed E-state index contributed by atoms with van der Waals surface area (Å²) in [6.07, 6.45) is 0.416. The molecule has 0 spiro atoms. The predicted octanol–water partition coefficient (Wildman–Crippen LogP) is 0.549. The summed E-state index contributed by atoms with van der Waals surface area (Å²) in [5.41, 5.74) is 3.27. The van der Waals surface area contributed by atoms with Gasteiger partial charge in [0.05, 0.1) is 0 Å². The minimum absolute atomic E-state index is 0.120. The smallest absolute Gasteiger partial charge is 0.263 e. The largest absolute Gasteiger partial charge is 0.368 e. The van der Waals surface area contributed by atoms with Crippen LogP contribution >= 0.6 is 0 Å². The third kappa shape index (κ3) is 2.00. The minimum Gasteiger partial charge on any atom is -0.368 e. The van der Waals surface area contributed by atoms with Gasteiger partial charge in [-0.15, -0.1) is 0 Å². The fourth-order valence-corrected chi connectivity index (χ4v) is 1.97. The number of nitrogens with one attached hydrogen (secondary N) is 1. The Morgan fingerprint density at radius 2 is 2.13 bits per heavy atom. The molecular formula is C11H14N2O2. The molecule has 4 heteroatoms. The Morgan fingerprint density at radius 3 is 2.80 bits per heavy atom. The highest BCUT2D eigenvalue weighted by Crippen LogP contribution is 2.30. The summed E-state index contributed by atoms with van der Waals surface area (Å²) in [5.74, 6) is 4.98. The Kier molecular flexibility index (Phi) is 2.99. The first-order chi connectivity index (χ1) is 7.33. The van der Waals surface area contributed by atoms with Gasteiger partial charge >= 0.3 is 0 Å². The van der Waals surface area contributed by atoms with E-state index in [2.05, 4.69) is 5.43 Å². The maximum Gasteiger partial charge on any atom is 0.263 e. The van der Waals surface area contributed by atoms with Gasteiger partial charge in [-0.05, 0) is 12.0 Å². The molecule has 2 atom stereocenters. The fraction of sp³-hybridized carbons (Fsp3) is 0.364. The first-order valence-corrected chi connectivity index (χ1v) is 5.00. The summed E-state index contributed by atoms with van der Waals surface area (Å²) < 4.78 is 5.38. The summed E-state index contributed by atoms with van der Waals surface area (Å²) in [6, 6.07) is 9.90. The van der Waals surface area contributed by atoms with Crippen LogP contribution in [0, 0.1) is 0 Å². The van der Waals surface area contributed by atoms with Crippen molar-refractivity contribution in [2.24, 2.45) is 5.84 Å². The third-order valence-electron chi connectivity index (χ3n) is 2.72. The van der Waals surface area contributed by atoms with Crippen LogP contribution in [0.15, 0.2) is 30.3 Å². The summed E-state index contributed by atoms with van der Waals surface area (Å²) in [6.45, 7) is 0.609. The van der Waals surface area contributed by atoms with E-state index in [1.165, 1.54) is 0 Å². The van der Waals surface area contributed by atoms with E-state index in [0.29, 0.717) is 6.61 Å². The molecule has 1 fully saturated rings. The van der Waals surface area contributed by atoms with Crippen molar-refractivity contribution in [3.05, 3.63) is 35.9 Å². The highest BCUT2D eigenvalue weighted by atomic mass is 16.5. The van der Waals surface area contributed by atoms with Gasteiger partial charge in [0.15, 0.2) is 0 Å². The Hall–Kier alpha value is -1.39. The first kappa shape index (κ1) is 10.1. The van der Waals surface area contributed by atoms with Gasteiger partial charge < -0.3 is 4.74 Å². The lowest BCUT2D eigenvalue weighted by Crippen LogP contribution is -2.41. The quantitative estimate of drug-likeness (QED) is 0.422. The molecular weight excluding hydrogens is 192 g/mol. The molecule has 0 bridgehead atoms. The molecule has 0 unspecified atom stereocenters. The van der Waals surface area contributed by atoms with E-state index in [-0.39, 0.29) is 11.8 Å². The molecule has 0 aliphatic carbocycles. The zero-order valence-corrected chi connectivity index (χ0v) is 8.35. The number of nitrogens with two attached hydrogens (primary N) is 1. The van der Waals surface area contributed by atoms with Crippen LogP contribution in [-0.2, 0) is 9.53 Å². The summed E-state index contributed by atoms with van der Waals surface area (Å²) >= 11 is 0. The molecule has 15 heavy (non-hydrogen) atoms. The van der Waals surface area contributed by atoms with Crippen LogP contribution in [0.2, 0.25) is 0 Å². The van der Waals surface area contributed by atoms with Gasteiger partial charge in [-0.25, -0.2) is 5.84 Å². The van der Waals surface area contributed by atoms with Crippen molar-refractivity contribution >= 4 is 5.91 Å². The number of rotatable bonds is 2. The second-order valence-electron chi connectivity index (χ2n) is 3.61. The van der Waals surface area contributed by atoms with Gasteiger partial charge in [0, 0.05) is 12.5 Å². The Balaban J connectivity index is 2.18. The van der Waals surface area contributed by atoms with Gasteiger partial charge in [-0.3, -0.25) is 10.2 Å². The van der Waals surface area contributed by atoms with Crippen LogP contribution in [0.3, 0.4) is 0 Å². The van der Waals surface area contributed by atoms with Gasteiger partial charge in [0.2, 0.25) is 0 Å². The van der Waals surface area contributed by atoms with Crippen molar-refractivity contribution in [2.45, 2.75) is 18.4 Å². The molecule has 1 saturated heterocycles. The van der Waals surface area contributed by atoms with Crippen molar-refractivity contribution < 1.29 is 9.53 Å². The van der Waals surface area contributed by atoms with E-state index < -0.39 is 6.10 Å². The summed E-state index contributed by atoms with van der Waals surface area (Å²) in [5, 5.41) is 0. The number of carbonyl (C=O) groups is 1. The Morgan fingerprint density at radius 1 is 1.40 bits per heavy atom. The van der Waals surface area contributed by atoms with Crippen molar-refractivity contribution in [1.29, 1.82) is 0 Å². The third-order valence-corrected chi connectivity index (χ3v) is 2.72. The van der Waals surface area contributed by atoms with Crippen LogP contribution in [0.25, 0.3) is 0 Å². The predicted molar refractivity (Wildman–Crippen MR) is 55.9 cm³/mol. The number of carbonyl (C=O) groups excluding carboxylic acids is 1. The van der Waals surface area contributed by atoms with Crippen molar-refractivity contribution in [3.63, 3.8) is 0 Å². The molecule has 0 radical (unpaired) electrons. The molecule has 3 N–H and O–H groups in total. The summed E-state index contributed by atoms with van der Waals surface area (Å²) in [7, 11) is 0. The van der Waals surface area contributed by atoms with E-state index in [1.807, 2.05) is 30.3 Å². The zero-order chi connectivity index (χ0) is 10.7. The monoisotopic (exact) mass is 206 g/mol. The number of hydrogen-bond donors (Lipinski definition) is 2. The van der Waals surface area contributed by atoms with Gasteiger partial charge in [0.1, 0.15) is 6.10 Å². The normalized spacial score (nSPS) is 25.1. The lowest BCUT2D eigenvalue weighted by molar-refractivity contribution is -0.130. The lowest BCUT2D eigenvalue weighted by atomic mass is 9.92. The topological polar surface area (TPSA) is 64.3 Å². The highest BCUT2D eigenvalue weighted by molar-refractivity contribution is 5.81. The molecule has 1 aromatic rings. The number of amides is 1. The van der Waals surface area contributed by atoms with Crippen molar-refractivity contribution in [2.75, 3.05) is 6.61 Å². The lowest BCUT2D eigenvalue weighted by Gasteiger charge is -2.16. The van der Waals surface area contributed by atoms with E-state index in [1.54, 1.807) is 0 Å². The van der Waals surface area contributed by atoms with Gasteiger partial charge in [-0.2, -0.15) is 0 Å². The van der Waals surface area contributed by atoms with E-state index in [9.17, 15) is 4.79 Å². The molecule has 1 heterocycles. The average molecular weight is 206 g/mol. The number of ether oxygens (including phenoxy) is 1. The number of benzene rings is 1.